The van der Waals surface area contributed by atoms with Gasteiger partial charge in [0.25, 0.3) is 0 Å². The van der Waals surface area contributed by atoms with Crippen LogP contribution >= 0.6 is 0 Å². The van der Waals surface area contributed by atoms with E-state index >= 15 is 0 Å². The minimum atomic E-state index is 0.444. The van der Waals surface area contributed by atoms with Gasteiger partial charge in [0.15, 0.2) is 0 Å². The molecule has 2 N–H and O–H groups in total. The van der Waals surface area contributed by atoms with Crippen LogP contribution in [0.25, 0.3) is 0 Å². The molecular formula is C14H28N2. The molecule has 0 bridgehead atoms. The van der Waals surface area contributed by atoms with Crippen molar-refractivity contribution in [2.24, 2.45) is 5.73 Å². The predicted molar refractivity (Wildman–Crippen MR) is 69.5 cm³/mol. The van der Waals surface area contributed by atoms with Crippen molar-refractivity contribution in [2.75, 3.05) is 6.54 Å². The Morgan fingerprint density at radius 3 is 2.50 bits per heavy atom. The summed E-state index contributed by atoms with van der Waals surface area (Å²) in [6.45, 7) is 3.58. The lowest BCUT2D eigenvalue weighted by Gasteiger charge is -2.35. The van der Waals surface area contributed by atoms with E-state index in [9.17, 15) is 0 Å². The second kappa shape index (κ2) is 6.02. The van der Waals surface area contributed by atoms with E-state index in [1.165, 1.54) is 64.3 Å². The maximum Gasteiger partial charge on any atom is 0.0250 e. The molecule has 0 amide bonds. The van der Waals surface area contributed by atoms with Crippen molar-refractivity contribution in [1.82, 2.24) is 4.90 Å². The molecule has 2 unspecified atom stereocenters. The largest absolute Gasteiger partial charge is 0.326 e. The highest BCUT2D eigenvalue weighted by Gasteiger charge is 2.36. The SMILES string of the molecule is CCCCN(C1CC1)C1CCCCCC1N. The van der Waals surface area contributed by atoms with Gasteiger partial charge in [-0.1, -0.05) is 32.6 Å². The van der Waals surface area contributed by atoms with E-state index < -0.39 is 0 Å². The summed E-state index contributed by atoms with van der Waals surface area (Å²) in [5.41, 5.74) is 6.38. The van der Waals surface area contributed by atoms with Gasteiger partial charge in [-0.25, -0.2) is 0 Å². The minimum absolute atomic E-state index is 0.444. The van der Waals surface area contributed by atoms with Crippen molar-refractivity contribution < 1.29 is 0 Å². The first-order chi connectivity index (χ1) is 7.83. The van der Waals surface area contributed by atoms with Crippen LogP contribution < -0.4 is 5.73 Å². The third kappa shape index (κ3) is 3.21. The van der Waals surface area contributed by atoms with Crippen LogP contribution in [-0.4, -0.2) is 29.6 Å². The first kappa shape index (κ1) is 12.4. The molecule has 2 aliphatic carbocycles. The Morgan fingerprint density at radius 2 is 1.81 bits per heavy atom. The van der Waals surface area contributed by atoms with Crippen LogP contribution in [0.5, 0.6) is 0 Å². The molecule has 0 saturated heterocycles. The standard InChI is InChI=1S/C14H28N2/c1-2-3-11-16(12-9-10-12)14-8-6-4-5-7-13(14)15/h12-14H,2-11,15H2,1H3. The van der Waals surface area contributed by atoms with E-state index in [0.717, 1.165) is 6.04 Å². The van der Waals surface area contributed by atoms with Gasteiger partial charge in [0, 0.05) is 18.1 Å². The lowest BCUT2D eigenvalue weighted by Crippen LogP contribution is -2.48. The molecule has 2 nitrogen and oxygen atoms in total. The quantitative estimate of drug-likeness (QED) is 0.728. The number of nitrogens with two attached hydrogens (primary N) is 1. The zero-order valence-electron chi connectivity index (χ0n) is 10.8. The average molecular weight is 224 g/mol. The Labute approximate surface area is 101 Å². The molecule has 2 heteroatoms. The summed E-state index contributed by atoms with van der Waals surface area (Å²) in [4.78, 5) is 2.76. The summed E-state index contributed by atoms with van der Waals surface area (Å²) in [6, 6.07) is 2.03. The van der Waals surface area contributed by atoms with Crippen molar-refractivity contribution >= 4 is 0 Å². The molecule has 0 aromatic heterocycles. The van der Waals surface area contributed by atoms with Gasteiger partial charge in [-0.15, -0.1) is 0 Å². The summed E-state index contributed by atoms with van der Waals surface area (Å²) < 4.78 is 0. The Balaban J connectivity index is 1.93. The molecule has 0 aliphatic heterocycles. The molecule has 94 valence electrons. The summed E-state index contributed by atoms with van der Waals surface area (Å²) in [6.07, 6.45) is 12.3. The first-order valence-electron chi connectivity index (χ1n) is 7.34. The highest BCUT2D eigenvalue weighted by molar-refractivity contribution is 4.93. The summed E-state index contributed by atoms with van der Waals surface area (Å²) in [5.74, 6) is 0. The van der Waals surface area contributed by atoms with Crippen molar-refractivity contribution in [3.63, 3.8) is 0 Å². The lowest BCUT2D eigenvalue weighted by atomic mass is 10.0. The first-order valence-corrected chi connectivity index (χ1v) is 7.34. The number of nitrogens with zero attached hydrogens (tertiary/aromatic N) is 1. The molecule has 0 aromatic rings. The van der Waals surface area contributed by atoms with E-state index in [2.05, 4.69) is 11.8 Å². The third-order valence-corrected chi connectivity index (χ3v) is 4.24. The predicted octanol–water partition coefficient (Wildman–Crippen LogP) is 2.91. The fourth-order valence-electron chi connectivity index (χ4n) is 3.09. The lowest BCUT2D eigenvalue weighted by molar-refractivity contribution is 0.151. The van der Waals surface area contributed by atoms with Gasteiger partial charge in [0.1, 0.15) is 0 Å². The number of unbranched alkanes of at least 4 members (excludes halogenated alkanes) is 1. The fourth-order valence-corrected chi connectivity index (χ4v) is 3.09. The highest BCUT2D eigenvalue weighted by atomic mass is 15.2. The molecule has 16 heavy (non-hydrogen) atoms. The molecule has 2 rings (SSSR count). The Hall–Kier alpha value is -0.0800. The topological polar surface area (TPSA) is 29.3 Å². The van der Waals surface area contributed by atoms with Crippen molar-refractivity contribution in [3.05, 3.63) is 0 Å². The van der Waals surface area contributed by atoms with Gasteiger partial charge < -0.3 is 5.73 Å². The smallest absolute Gasteiger partial charge is 0.0250 e. The van der Waals surface area contributed by atoms with Gasteiger partial charge in [-0.05, 0) is 38.6 Å². The van der Waals surface area contributed by atoms with Crippen molar-refractivity contribution in [3.8, 4) is 0 Å². The molecule has 2 saturated carbocycles. The zero-order valence-corrected chi connectivity index (χ0v) is 10.8. The van der Waals surface area contributed by atoms with Crippen LogP contribution in [0.2, 0.25) is 0 Å². The molecule has 2 aliphatic rings. The molecule has 0 spiro atoms. The molecule has 0 radical (unpaired) electrons. The van der Waals surface area contributed by atoms with Crippen molar-refractivity contribution in [2.45, 2.75) is 82.8 Å². The Kier molecular flexibility index (Phi) is 4.66. The summed E-state index contributed by atoms with van der Waals surface area (Å²) in [7, 11) is 0. The minimum Gasteiger partial charge on any atom is -0.326 e. The molecule has 2 fully saturated rings. The molecule has 2 atom stereocenters. The molecule has 0 heterocycles. The van der Waals surface area contributed by atoms with Crippen LogP contribution in [0.4, 0.5) is 0 Å². The average Bonchev–Trinajstić information content (AvgIpc) is 3.09. The van der Waals surface area contributed by atoms with Crippen LogP contribution in [-0.2, 0) is 0 Å². The number of hydrogen-bond acceptors (Lipinski definition) is 2. The van der Waals surface area contributed by atoms with Crippen molar-refractivity contribution in [1.29, 1.82) is 0 Å². The van der Waals surface area contributed by atoms with E-state index in [-0.39, 0.29) is 0 Å². The third-order valence-electron chi connectivity index (χ3n) is 4.24. The second-order valence-corrected chi connectivity index (χ2v) is 5.69. The normalized spacial score (nSPS) is 31.7. The van der Waals surface area contributed by atoms with E-state index in [4.69, 9.17) is 5.73 Å². The Morgan fingerprint density at radius 1 is 1.06 bits per heavy atom. The van der Waals surface area contributed by atoms with Gasteiger partial charge in [-0.3, -0.25) is 4.90 Å². The zero-order chi connectivity index (χ0) is 11.4. The molecule has 0 aromatic carbocycles. The highest BCUT2D eigenvalue weighted by Crippen LogP contribution is 2.33. The maximum atomic E-state index is 6.38. The fraction of sp³-hybridized carbons (Fsp3) is 1.00. The van der Waals surface area contributed by atoms with Crippen LogP contribution in [0.1, 0.15) is 64.7 Å². The van der Waals surface area contributed by atoms with Gasteiger partial charge >= 0.3 is 0 Å². The van der Waals surface area contributed by atoms with Gasteiger partial charge in [-0.2, -0.15) is 0 Å². The van der Waals surface area contributed by atoms with E-state index in [1.807, 2.05) is 0 Å². The maximum absolute atomic E-state index is 6.38. The van der Waals surface area contributed by atoms with Crippen LogP contribution in [0.3, 0.4) is 0 Å². The second-order valence-electron chi connectivity index (χ2n) is 5.69. The van der Waals surface area contributed by atoms with E-state index in [0.29, 0.717) is 12.1 Å². The van der Waals surface area contributed by atoms with Crippen LogP contribution in [0.15, 0.2) is 0 Å². The number of hydrogen-bond donors (Lipinski definition) is 1. The Bertz CT molecular complexity index is 201. The van der Waals surface area contributed by atoms with E-state index in [1.54, 1.807) is 0 Å². The number of rotatable bonds is 5. The van der Waals surface area contributed by atoms with Gasteiger partial charge in [0.05, 0.1) is 0 Å². The summed E-state index contributed by atoms with van der Waals surface area (Å²) in [5, 5.41) is 0. The van der Waals surface area contributed by atoms with Crippen LogP contribution in [0, 0.1) is 0 Å². The monoisotopic (exact) mass is 224 g/mol. The van der Waals surface area contributed by atoms with Gasteiger partial charge in [0.2, 0.25) is 0 Å². The molecular weight excluding hydrogens is 196 g/mol. The summed E-state index contributed by atoms with van der Waals surface area (Å²) >= 11 is 0.